The average molecular weight is 373 g/mol. The zero-order valence-corrected chi connectivity index (χ0v) is 15.6. The minimum atomic E-state index is -1.16. The lowest BCUT2D eigenvalue weighted by atomic mass is 9.88. The van der Waals surface area contributed by atoms with Crippen LogP contribution in [0.3, 0.4) is 0 Å². The zero-order valence-electron chi connectivity index (χ0n) is 15.6. The molecule has 1 aromatic rings. The molecule has 27 heavy (non-hydrogen) atoms. The Morgan fingerprint density at radius 3 is 2.59 bits per heavy atom. The maximum absolute atomic E-state index is 12.6. The Labute approximate surface area is 158 Å². The Morgan fingerprint density at radius 2 is 1.93 bits per heavy atom. The molecule has 8 heteroatoms. The SMILES string of the molecule is CC1(C(=O)NNC(=O)c2cccnc2NC2CCCCCC2)CCNC1=O. The van der Waals surface area contributed by atoms with Crippen LogP contribution in [0.1, 0.15) is 62.2 Å². The molecule has 3 amide bonds. The number of carbonyl (C=O) groups is 3. The molecule has 1 saturated heterocycles. The van der Waals surface area contributed by atoms with Gasteiger partial charge in [0.15, 0.2) is 0 Å². The van der Waals surface area contributed by atoms with E-state index >= 15 is 0 Å². The van der Waals surface area contributed by atoms with Crippen molar-refractivity contribution in [3.63, 3.8) is 0 Å². The molecule has 0 aromatic carbocycles. The number of pyridine rings is 1. The molecular weight excluding hydrogens is 346 g/mol. The van der Waals surface area contributed by atoms with Gasteiger partial charge in [-0.3, -0.25) is 25.2 Å². The van der Waals surface area contributed by atoms with Crippen molar-refractivity contribution in [1.29, 1.82) is 0 Å². The number of amides is 3. The number of hydrazine groups is 1. The molecule has 0 spiro atoms. The highest BCUT2D eigenvalue weighted by Gasteiger charge is 2.44. The van der Waals surface area contributed by atoms with Crippen molar-refractivity contribution in [3.05, 3.63) is 23.9 Å². The van der Waals surface area contributed by atoms with Crippen LogP contribution in [0, 0.1) is 5.41 Å². The summed E-state index contributed by atoms with van der Waals surface area (Å²) in [5, 5.41) is 6.02. The van der Waals surface area contributed by atoms with E-state index in [1.54, 1.807) is 25.3 Å². The van der Waals surface area contributed by atoms with Gasteiger partial charge < -0.3 is 10.6 Å². The summed E-state index contributed by atoms with van der Waals surface area (Å²) in [4.78, 5) is 41.1. The third-order valence-electron chi connectivity index (χ3n) is 5.45. The molecule has 4 N–H and O–H groups in total. The largest absolute Gasteiger partial charge is 0.367 e. The summed E-state index contributed by atoms with van der Waals surface area (Å²) in [7, 11) is 0. The molecule has 2 aliphatic rings. The quantitative estimate of drug-likeness (QED) is 0.363. The van der Waals surface area contributed by atoms with E-state index in [0.29, 0.717) is 30.4 Å². The van der Waals surface area contributed by atoms with Gasteiger partial charge in [0.05, 0.1) is 5.56 Å². The van der Waals surface area contributed by atoms with E-state index in [1.807, 2.05) is 0 Å². The second-order valence-electron chi connectivity index (χ2n) is 7.48. The topological polar surface area (TPSA) is 112 Å². The van der Waals surface area contributed by atoms with Crippen LogP contribution in [-0.4, -0.2) is 35.3 Å². The van der Waals surface area contributed by atoms with Crippen LogP contribution in [-0.2, 0) is 9.59 Å². The van der Waals surface area contributed by atoms with Crippen molar-refractivity contribution >= 4 is 23.5 Å². The lowest BCUT2D eigenvalue weighted by molar-refractivity contribution is -0.140. The molecule has 1 unspecified atom stereocenters. The number of nitrogens with one attached hydrogen (secondary N) is 4. The minimum Gasteiger partial charge on any atom is -0.367 e. The number of rotatable bonds is 4. The van der Waals surface area contributed by atoms with Crippen LogP contribution in [0.25, 0.3) is 0 Å². The van der Waals surface area contributed by atoms with E-state index < -0.39 is 17.2 Å². The number of anilines is 1. The Balaban J connectivity index is 1.63. The van der Waals surface area contributed by atoms with Gasteiger partial charge in [0, 0.05) is 18.8 Å². The summed E-state index contributed by atoms with van der Waals surface area (Å²) in [6.45, 7) is 2.02. The van der Waals surface area contributed by atoms with Crippen molar-refractivity contribution < 1.29 is 14.4 Å². The van der Waals surface area contributed by atoms with Gasteiger partial charge in [0.2, 0.25) is 5.91 Å². The lowest BCUT2D eigenvalue weighted by Gasteiger charge is -2.21. The van der Waals surface area contributed by atoms with Crippen LogP contribution < -0.4 is 21.5 Å². The van der Waals surface area contributed by atoms with Gasteiger partial charge in [-0.05, 0) is 38.3 Å². The van der Waals surface area contributed by atoms with Crippen LogP contribution in [0.15, 0.2) is 18.3 Å². The molecule has 3 rings (SSSR count). The molecule has 0 radical (unpaired) electrons. The average Bonchev–Trinajstić information content (AvgIpc) is 2.87. The van der Waals surface area contributed by atoms with Gasteiger partial charge in [-0.15, -0.1) is 0 Å². The normalized spacial score (nSPS) is 23.2. The highest BCUT2D eigenvalue weighted by Crippen LogP contribution is 2.26. The third kappa shape index (κ3) is 4.37. The molecule has 1 aromatic heterocycles. The van der Waals surface area contributed by atoms with Crippen molar-refractivity contribution in [3.8, 4) is 0 Å². The first-order valence-electron chi connectivity index (χ1n) is 9.61. The van der Waals surface area contributed by atoms with Gasteiger partial charge >= 0.3 is 0 Å². The summed E-state index contributed by atoms with van der Waals surface area (Å²) < 4.78 is 0. The van der Waals surface area contributed by atoms with Crippen LogP contribution >= 0.6 is 0 Å². The van der Waals surface area contributed by atoms with Crippen molar-refractivity contribution in [2.75, 3.05) is 11.9 Å². The first-order valence-corrected chi connectivity index (χ1v) is 9.61. The molecule has 146 valence electrons. The first-order chi connectivity index (χ1) is 13.0. The molecule has 2 heterocycles. The zero-order chi connectivity index (χ0) is 19.3. The van der Waals surface area contributed by atoms with Crippen molar-refractivity contribution in [2.45, 2.75) is 57.9 Å². The standard InChI is InChI=1S/C19H27N5O3/c1-19(10-12-21-17(19)26)18(27)24-23-16(25)14-9-6-11-20-15(14)22-13-7-4-2-3-5-8-13/h6,9,11,13H,2-5,7-8,10,12H2,1H3,(H,20,22)(H,21,26)(H,23,25)(H,24,27). The second-order valence-corrected chi connectivity index (χ2v) is 7.48. The van der Waals surface area contributed by atoms with Gasteiger partial charge in [-0.1, -0.05) is 25.7 Å². The van der Waals surface area contributed by atoms with Gasteiger partial charge in [0.25, 0.3) is 11.8 Å². The fourth-order valence-corrected chi connectivity index (χ4v) is 3.59. The maximum atomic E-state index is 12.6. The van der Waals surface area contributed by atoms with Gasteiger partial charge in [-0.2, -0.15) is 0 Å². The molecule has 8 nitrogen and oxygen atoms in total. The number of hydrogen-bond acceptors (Lipinski definition) is 5. The number of hydrogen-bond donors (Lipinski definition) is 4. The Hall–Kier alpha value is -2.64. The summed E-state index contributed by atoms with van der Waals surface area (Å²) in [6, 6.07) is 3.64. The Bertz CT molecular complexity index is 715. The monoisotopic (exact) mass is 373 g/mol. The summed E-state index contributed by atoms with van der Waals surface area (Å²) in [6.07, 6.45) is 8.97. The molecule has 0 bridgehead atoms. The smallest absolute Gasteiger partial charge is 0.273 e. The predicted octanol–water partition coefficient (Wildman–Crippen LogP) is 1.50. The van der Waals surface area contributed by atoms with E-state index in [4.69, 9.17) is 0 Å². The summed E-state index contributed by atoms with van der Waals surface area (Å²) in [5.74, 6) is -0.796. The Kier molecular flexibility index (Phi) is 5.93. The molecule has 1 saturated carbocycles. The third-order valence-corrected chi connectivity index (χ3v) is 5.45. The fourth-order valence-electron chi connectivity index (χ4n) is 3.59. The minimum absolute atomic E-state index is 0.296. The highest BCUT2D eigenvalue weighted by molar-refractivity contribution is 6.07. The van der Waals surface area contributed by atoms with Gasteiger partial charge in [0.1, 0.15) is 11.2 Å². The molecule has 2 fully saturated rings. The summed E-state index contributed by atoms with van der Waals surface area (Å²) >= 11 is 0. The number of carbonyl (C=O) groups excluding carboxylic acids is 3. The van der Waals surface area contributed by atoms with E-state index in [-0.39, 0.29) is 5.91 Å². The molecule has 1 aliphatic heterocycles. The van der Waals surface area contributed by atoms with Crippen LogP contribution in [0.2, 0.25) is 0 Å². The lowest BCUT2D eigenvalue weighted by Crippen LogP contribution is -2.51. The van der Waals surface area contributed by atoms with Crippen LogP contribution in [0.4, 0.5) is 5.82 Å². The molecule has 1 aliphatic carbocycles. The fraction of sp³-hybridized carbons (Fsp3) is 0.579. The van der Waals surface area contributed by atoms with E-state index in [9.17, 15) is 14.4 Å². The van der Waals surface area contributed by atoms with Gasteiger partial charge in [-0.25, -0.2) is 4.98 Å². The molecular formula is C19H27N5O3. The maximum Gasteiger partial charge on any atom is 0.273 e. The number of nitrogens with zero attached hydrogens (tertiary/aromatic N) is 1. The van der Waals surface area contributed by atoms with Crippen LogP contribution in [0.5, 0.6) is 0 Å². The van der Waals surface area contributed by atoms with Crippen molar-refractivity contribution in [2.24, 2.45) is 5.41 Å². The first kappa shape index (κ1) is 19.1. The predicted molar refractivity (Wildman–Crippen MR) is 101 cm³/mol. The Morgan fingerprint density at radius 1 is 1.19 bits per heavy atom. The number of aromatic nitrogens is 1. The second kappa shape index (κ2) is 8.37. The van der Waals surface area contributed by atoms with E-state index in [1.165, 1.54) is 25.7 Å². The van der Waals surface area contributed by atoms with E-state index in [2.05, 4.69) is 26.5 Å². The molecule has 1 atom stereocenters. The van der Waals surface area contributed by atoms with E-state index in [0.717, 1.165) is 12.8 Å². The highest BCUT2D eigenvalue weighted by atomic mass is 16.2. The van der Waals surface area contributed by atoms with Crippen molar-refractivity contribution in [1.82, 2.24) is 21.2 Å². The summed E-state index contributed by atoms with van der Waals surface area (Å²) in [5.41, 5.74) is 3.99.